The van der Waals surface area contributed by atoms with Crippen molar-refractivity contribution >= 4 is 0 Å². The smallest absolute Gasteiger partial charge is 0.144 e. The highest BCUT2D eigenvalue weighted by Gasteiger charge is 2.41. The highest BCUT2D eigenvalue weighted by molar-refractivity contribution is 5.55. The van der Waals surface area contributed by atoms with E-state index in [-0.39, 0.29) is 12.1 Å². The molecule has 2 aromatic rings. The number of methoxy groups -OCH3 is 2. The van der Waals surface area contributed by atoms with Crippen LogP contribution in [0.1, 0.15) is 56.2 Å². The molecule has 0 aromatic heterocycles. The molecular weight excluding hydrogens is 366 g/mol. The van der Waals surface area contributed by atoms with E-state index >= 15 is 0 Å². The Labute approximate surface area is 174 Å². The van der Waals surface area contributed by atoms with Gasteiger partial charge in [-0.2, -0.15) is 0 Å². The third kappa shape index (κ3) is 5.22. The van der Waals surface area contributed by atoms with Crippen molar-refractivity contribution in [3.05, 3.63) is 53.6 Å². The summed E-state index contributed by atoms with van der Waals surface area (Å²) in [6, 6.07) is 13.8. The van der Waals surface area contributed by atoms with Crippen molar-refractivity contribution in [2.45, 2.75) is 63.8 Å². The molecule has 0 radical (unpaired) electrons. The van der Waals surface area contributed by atoms with Crippen LogP contribution >= 0.6 is 0 Å². The van der Waals surface area contributed by atoms with Crippen LogP contribution in [0.3, 0.4) is 0 Å². The minimum absolute atomic E-state index is 0.160. The van der Waals surface area contributed by atoms with E-state index in [9.17, 15) is 5.11 Å². The maximum atomic E-state index is 10.9. The number of nitrogens with one attached hydrogen (secondary N) is 1. The summed E-state index contributed by atoms with van der Waals surface area (Å²) >= 11 is 0. The second-order valence-corrected chi connectivity index (χ2v) is 7.58. The molecule has 2 N–H and O–H groups in total. The Hall–Kier alpha value is -2.24. The molecule has 0 amide bonds. The molecule has 1 aliphatic rings. The fourth-order valence-corrected chi connectivity index (χ4v) is 3.93. The van der Waals surface area contributed by atoms with Crippen LogP contribution in [0, 0.1) is 0 Å². The first-order chi connectivity index (χ1) is 14.2. The fourth-order valence-electron chi connectivity index (χ4n) is 3.93. The van der Waals surface area contributed by atoms with Crippen LogP contribution in [0.2, 0.25) is 0 Å². The third-order valence-corrected chi connectivity index (χ3v) is 5.54. The summed E-state index contributed by atoms with van der Waals surface area (Å²) in [5.41, 5.74) is 2.13. The predicted molar refractivity (Wildman–Crippen MR) is 115 cm³/mol. The van der Waals surface area contributed by atoms with E-state index in [1.807, 2.05) is 30.3 Å². The van der Waals surface area contributed by atoms with Crippen LogP contribution in [-0.4, -0.2) is 31.5 Å². The number of aliphatic hydroxyl groups is 1. The highest BCUT2D eigenvalue weighted by Crippen LogP contribution is 2.46. The summed E-state index contributed by atoms with van der Waals surface area (Å²) < 4.78 is 17.3. The Kier molecular flexibility index (Phi) is 7.78. The van der Waals surface area contributed by atoms with E-state index in [4.69, 9.17) is 14.2 Å². The SMILES string of the molecule is CCCCCC[C@@H](O)[C@H]1Oc2cc(OC)cc(OC)c2[C@@H]1NCc1ccccc1. The summed E-state index contributed by atoms with van der Waals surface area (Å²) in [6.45, 7) is 2.87. The molecule has 5 nitrogen and oxygen atoms in total. The van der Waals surface area contributed by atoms with Crippen molar-refractivity contribution in [1.82, 2.24) is 5.32 Å². The van der Waals surface area contributed by atoms with E-state index in [0.717, 1.165) is 24.8 Å². The lowest BCUT2D eigenvalue weighted by molar-refractivity contribution is 0.0222. The largest absolute Gasteiger partial charge is 0.496 e. The van der Waals surface area contributed by atoms with Crippen molar-refractivity contribution in [2.24, 2.45) is 0 Å². The topological polar surface area (TPSA) is 60.0 Å². The number of fused-ring (bicyclic) bond motifs is 1. The van der Waals surface area contributed by atoms with E-state index in [2.05, 4.69) is 24.4 Å². The van der Waals surface area contributed by atoms with Gasteiger partial charge in [-0.3, -0.25) is 0 Å². The molecule has 2 aromatic carbocycles. The summed E-state index contributed by atoms with van der Waals surface area (Å²) in [4.78, 5) is 0. The molecule has 0 aliphatic carbocycles. The van der Waals surface area contributed by atoms with Crippen molar-refractivity contribution in [3.63, 3.8) is 0 Å². The molecule has 3 rings (SSSR count). The maximum absolute atomic E-state index is 10.9. The Morgan fingerprint density at radius 1 is 1.07 bits per heavy atom. The van der Waals surface area contributed by atoms with Gasteiger partial charge >= 0.3 is 0 Å². The minimum atomic E-state index is -0.553. The van der Waals surface area contributed by atoms with Crippen molar-refractivity contribution in [3.8, 4) is 17.2 Å². The average molecular weight is 400 g/mol. The lowest BCUT2D eigenvalue weighted by Gasteiger charge is -2.25. The van der Waals surface area contributed by atoms with E-state index in [1.54, 1.807) is 14.2 Å². The van der Waals surface area contributed by atoms with Gasteiger partial charge in [-0.1, -0.05) is 62.9 Å². The number of rotatable bonds is 11. The molecule has 0 unspecified atom stereocenters. The van der Waals surface area contributed by atoms with Gasteiger partial charge in [-0.15, -0.1) is 0 Å². The zero-order chi connectivity index (χ0) is 20.6. The molecular formula is C24H33NO4. The number of hydrogen-bond acceptors (Lipinski definition) is 5. The van der Waals surface area contributed by atoms with Crippen molar-refractivity contribution in [2.75, 3.05) is 14.2 Å². The molecule has 0 saturated carbocycles. The van der Waals surface area contributed by atoms with Gasteiger partial charge in [0, 0.05) is 18.7 Å². The normalized spacial score (nSPS) is 18.8. The van der Waals surface area contributed by atoms with Gasteiger partial charge in [0.1, 0.15) is 23.4 Å². The minimum Gasteiger partial charge on any atom is -0.496 e. The van der Waals surface area contributed by atoms with E-state index in [1.165, 1.54) is 18.4 Å². The molecule has 0 spiro atoms. The van der Waals surface area contributed by atoms with Crippen molar-refractivity contribution < 1.29 is 19.3 Å². The van der Waals surface area contributed by atoms with Gasteiger partial charge in [-0.05, 0) is 12.0 Å². The molecule has 0 fully saturated rings. The zero-order valence-corrected chi connectivity index (χ0v) is 17.7. The van der Waals surface area contributed by atoms with Crippen LogP contribution in [0.15, 0.2) is 42.5 Å². The lowest BCUT2D eigenvalue weighted by atomic mass is 9.95. The Morgan fingerprint density at radius 3 is 2.55 bits per heavy atom. The van der Waals surface area contributed by atoms with Crippen LogP contribution in [0.4, 0.5) is 0 Å². The van der Waals surface area contributed by atoms with Crippen LogP contribution < -0.4 is 19.5 Å². The highest BCUT2D eigenvalue weighted by atomic mass is 16.5. The Balaban J connectivity index is 1.82. The van der Waals surface area contributed by atoms with Crippen molar-refractivity contribution in [1.29, 1.82) is 0 Å². The maximum Gasteiger partial charge on any atom is 0.144 e. The third-order valence-electron chi connectivity index (χ3n) is 5.54. The summed E-state index contributed by atoms with van der Waals surface area (Å²) in [7, 11) is 3.28. The zero-order valence-electron chi connectivity index (χ0n) is 17.7. The molecule has 3 atom stereocenters. The summed E-state index contributed by atoms with van der Waals surface area (Å²) in [6.07, 6.45) is 4.31. The van der Waals surface area contributed by atoms with E-state index < -0.39 is 6.10 Å². The first-order valence-electron chi connectivity index (χ1n) is 10.6. The average Bonchev–Trinajstić information content (AvgIpc) is 3.13. The molecule has 158 valence electrons. The Bertz CT molecular complexity index is 765. The number of hydrogen-bond donors (Lipinski definition) is 2. The van der Waals surface area contributed by atoms with Crippen LogP contribution in [-0.2, 0) is 6.54 Å². The van der Waals surface area contributed by atoms with Gasteiger partial charge in [0.2, 0.25) is 0 Å². The summed E-state index contributed by atoms with van der Waals surface area (Å²) in [5, 5.41) is 14.5. The number of ether oxygens (including phenoxy) is 3. The van der Waals surface area contributed by atoms with Gasteiger partial charge in [0.25, 0.3) is 0 Å². The molecule has 29 heavy (non-hydrogen) atoms. The molecule has 0 saturated heterocycles. The number of unbranched alkanes of at least 4 members (excludes halogenated alkanes) is 3. The molecule has 1 aliphatic heterocycles. The predicted octanol–water partition coefficient (Wildman–Crippen LogP) is 4.63. The van der Waals surface area contributed by atoms with Gasteiger partial charge < -0.3 is 24.6 Å². The summed E-state index contributed by atoms with van der Waals surface area (Å²) in [5.74, 6) is 2.11. The Morgan fingerprint density at radius 2 is 1.86 bits per heavy atom. The molecule has 1 heterocycles. The fraction of sp³-hybridized carbons (Fsp3) is 0.500. The number of benzene rings is 2. The standard InChI is InChI=1S/C24H33NO4/c1-4-5-6-10-13-19(26)24-23(25-16-17-11-8-7-9-12-17)22-20(28-3)14-18(27-2)15-21(22)29-24/h7-9,11-12,14-15,19,23-26H,4-6,10,13,16H2,1-3H3/t19-,23+,24-/m1/s1. The van der Waals surface area contributed by atoms with E-state index in [0.29, 0.717) is 23.8 Å². The first-order valence-corrected chi connectivity index (χ1v) is 10.6. The van der Waals surface area contributed by atoms with Gasteiger partial charge in [-0.25, -0.2) is 0 Å². The second-order valence-electron chi connectivity index (χ2n) is 7.58. The molecule has 5 heteroatoms. The molecule has 0 bridgehead atoms. The van der Waals surface area contributed by atoms with Gasteiger partial charge in [0.15, 0.2) is 0 Å². The monoisotopic (exact) mass is 399 g/mol. The first kappa shape index (κ1) is 21.5. The van der Waals surface area contributed by atoms with Crippen LogP contribution in [0.5, 0.6) is 17.2 Å². The quantitative estimate of drug-likeness (QED) is 0.540. The number of aliphatic hydroxyl groups excluding tert-OH is 1. The lowest BCUT2D eigenvalue weighted by Crippen LogP contribution is -2.39. The van der Waals surface area contributed by atoms with Crippen LogP contribution in [0.25, 0.3) is 0 Å². The van der Waals surface area contributed by atoms with Gasteiger partial charge in [0.05, 0.1) is 31.9 Å². The second kappa shape index (κ2) is 10.5.